The SMILES string of the molecule is CCCCCC(C)(N)c1noc(CC)n1. The molecular weight excluding hydrogens is 190 g/mol. The maximum atomic E-state index is 6.16. The van der Waals surface area contributed by atoms with E-state index in [1.54, 1.807) is 0 Å². The average Bonchev–Trinajstić information content (AvgIpc) is 2.66. The van der Waals surface area contributed by atoms with Gasteiger partial charge in [-0.25, -0.2) is 0 Å². The van der Waals surface area contributed by atoms with Crippen molar-refractivity contribution in [2.75, 3.05) is 0 Å². The van der Waals surface area contributed by atoms with Crippen molar-refractivity contribution in [3.8, 4) is 0 Å². The van der Waals surface area contributed by atoms with Crippen LogP contribution >= 0.6 is 0 Å². The normalized spacial score (nSPS) is 15.2. The highest BCUT2D eigenvalue weighted by atomic mass is 16.5. The van der Waals surface area contributed by atoms with Gasteiger partial charge >= 0.3 is 0 Å². The summed E-state index contributed by atoms with van der Waals surface area (Å²) < 4.78 is 5.07. The highest BCUT2D eigenvalue weighted by Gasteiger charge is 2.26. The van der Waals surface area contributed by atoms with Crippen molar-refractivity contribution in [3.05, 3.63) is 11.7 Å². The van der Waals surface area contributed by atoms with Gasteiger partial charge in [0.1, 0.15) is 0 Å². The molecular formula is C11H21N3O. The molecule has 0 aliphatic heterocycles. The molecule has 86 valence electrons. The van der Waals surface area contributed by atoms with E-state index in [2.05, 4.69) is 17.1 Å². The Bertz CT molecular complexity index is 294. The summed E-state index contributed by atoms with van der Waals surface area (Å²) >= 11 is 0. The van der Waals surface area contributed by atoms with E-state index >= 15 is 0 Å². The first kappa shape index (κ1) is 12.2. The molecule has 1 rings (SSSR count). The third kappa shape index (κ3) is 3.30. The van der Waals surface area contributed by atoms with Gasteiger partial charge in [0.05, 0.1) is 5.54 Å². The predicted molar refractivity (Wildman–Crippen MR) is 59.4 cm³/mol. The first-order valence-corrected chi connectivity index (χ1v) is 5.72. The van der Waals surface area contributed by atoms with Crippen LogP contribution in [0.1, 0.15) is 58.2 Å². The van der Waals surface area contributed by atoms with Gasteiger partial charge in [0.2, 0.25) is 5.89 Å². The minimum absolute atomic E-state index is 0.452. The second-order valence-electron chi connectivity index (χ2n) is 4.24. The van der Waals surface area contributed by atoms with E-state index in [1.807, 2.05) is 13.8 Å². The lowest BCUT2D eigenvalue weighted by molar-refractivity contribution is 0.345. The quantitative estimate of drug-likeness (QED) is 0.734. The minimum Gasteiger partial charge on any atom is -0.339 e. The molecule has 0 saturated carbocycles. The van der Waals surface area contributed by atoms with Crippen molar-refractivity contribution >= 4 is 0 Å². The van der Waals surface area contributed by atoms with Crippen LogP contribution in [-0.4, -0.2) is 10.1 Å². The molecule has 1 heterocycles. The van der Waals surface area contributed by atoms with Gasteiger partial charge in [-0.15, -0.1) is 0 Å². The van der Waals surface area contributed by atoms with E-state index in [0.29, 0.717) is 11.7 Å². The zero-order valence-electron chi connectivity index (χ0n) is 9.92. The largest absolute Gasteiger partial charge is 0.339 e. The van der Waals surface area contributed by atoms with Gasteiger partial charge in [0.15, 0.2) is 5.82 Å². The summed E-state index contributed by atoms with van der Waals surface area (Å²) in [4.78, 5) is 4.28. The van der Waals surface area contributed by atoms with Gasteiger partial charge in [0.25, 0.3) is 0 Å². The van der Waals surface area contributed by atoms with Gasteiger partial charge in [-0.05, 0) is 13.3 Å². The molecule has 1 aromatic heterocycles. The molecule has 0 aromatic carbocycles. The lowest BCUT2D eigenvalue weighted by Crippen LogP contribution is -2.34. The summed E-state index contributed by atoms with van der Waals surface area (Å²) in [5.41, 5.74) is 5.71. The lowest BCUT2D eigenvalue weighted by atomic mass is 9.95. The lowest BCUT2D eigenvalue weighted by Gasteiger charge is -2.19. The Kier molecular flexibility index (Phi) is 4.27. The maximum Gasteiger partial charge on any atom is 0.226 e. The first-order chi connectivity index (χ1) is 7.10. The van der Waals surface area contributed by atoms with Gasteiger partial charge in [0, 0.05) is 6.42 Å². The Morgan fingerprint density at radius 3 is 2.60 bits per heavy atom. The van der Waals surface area contributed by atoms with Crippen LogP contribution in [0.15, 0.2) is 4.52 Å². The van der Waals surface area contributed by atoms with E-state index in [0.717, 1.165) is 19.3 Å². The van der Waals surface area contributed by atoms with Crippen molar-refractivity contribution in [2.45, 2.75) is 58.4 Å². The zero-order valence-corrected chi connectivity index (χ0v) is 9.92. The number of hydrogen-bond donors (Lipinski definition) is 1. The topological polar surface area (TPSA) is 64.9 Å². The number of aryl methyl sites for hydroxylation is 1. The molecule has 0 bridgehead atoms. The molecule has 1 aromatic rings. The molecule has 4 nitrogen and oxygen atoms in total. The molecule has 0 amide bonds. The zero-order chi connectivity index (χ0) is 11.3. The average molecular weight is 211 g/mol. The number of nitrogens with zero attached hydrogens (tertiary/aromatic N) is 2. The summed E-state index contributed by atoms with van der Waals surface area (Å²) in [6, 6.07) is 0. The Hall–Kier alpha value is -0.900. The van der Waals surface area contributed by atoms with E-state index in [-0.39, 0.29) is 0 Å². The van der Waals surface area contributed by atoms with Crippen LogP contribution in [-0.2, 0) is 12.0 Å². The van der Waals surface area contributed by atoms with Crippen molar-refractivity contribution < 1.29 is 4.52 Å². The minimum atomic E-state index is -0.452. The molecule has 1 unspecified atom stereocenters. The molecule has 2 N–H and O–H groups in total. The van der Waals surface area contributed by atoms with Crippen molar-refractivity contribution in [3.63, 3.8) is 0 Å². The molecule has 15 heavy (non-hydrogen) atoms. The third-order valence-corrected chi connectivity index (χ3v) is 2.58. The first-order valence-electron chi connectivity index (χ1n) is 5.72. The van der Waals surface area contributed by atoms with E-state index in [4.69, 9.17) is 10.3 Å². The standard InChI is InChI=1S/C11H21N3O/c1-4-6-7-8-11(3,12)10-13-9(5-2)15-14-10/h4-8,12H2,1-3H3. The summed E-state index contributed by atoms with van der Waals surface area (Å²) in [7, 11) is 0. The molecule has 0 fully saturated rings. The summed E-state index contributed by atoms with van der Waals surface area (Å²) in [6.07, 6.45) is 5.18. The van der Waals surface area contributed by atoms with Gasteiger partial charge < -0.3 is 10.3 Å². The molecule has 0 saturated heterocycles. The summed E-state index contributed by atoms with van der Waals surface area (Å²) in [6.45, 7) is 6.13. The number of nitrogens with two attached hydrogens (primary N) is 1. The van der Waals surface area contributed by atoms with E-state index in [9.17, 15) is 0 Å². The third-order valence-electron chi connectivity index (χ3n) is 2.58. The molecule has 0 aliphatic carbocycles. The van der Waals surface area contributed by atoms with Gasteiger partial charge in [-0.2, -0.15) is 4.98 Å². The Labute approximate surface area is 91.2 Å². The molecule has 1 atom stereocenters. The highest BCUT2D eigenvalue weighted by Crippen LogP contribution is 2.21. The number of rotatable bonds is 6. The number of hydrogen-bond acceptors (Lipinski definition) is 4. The van der Waals surface area contributed by atoms with Crippen LogP contribution in [0, 0.1) is 0 Å². The molecule has 4 heteroatoms. The predicted octanol–water partition coefficient (Wildman–Crippen LogP) is 2.39. The fourth-order valence-electron chi connectivity index (χ4n) is 1.48. The van der Waals surface area contributed by atoms with Crippen molar-refractivity contribution in [1.82, 2.24) is 10.1 Å². The molecule has 0 spiro atoms. The van der Waals surface area contributed by atoms with Crippen LogP contribution in [0.5, 0.6) is 0 Å². The monoisotopic (exact) mass is 211 g/mol. The molecule has 0 aliphatic rings. The summed E-state index contributed by atoms with van der Waals surface area (Å²) in [5, 5.41) is 3.93. The Balaban J connectivity index is 2.59. The Morgan fingerprint density at radius 2 is 2.07 bits per heavy atom. The highest BCUT2D eigenvalue weighted by molar-refractivity contribution is 5.01. The fraction of sp³-hybridized carbons (Fsp3) is 0.818. The Morgan fingerprint density at radius 1 is 1.33 bits per heavy atom. The fourth-order valence-corrected chi connectivity index (χ4v) is 1.48. The van der Waals surface area contributed by atoms with Gasteiger partial charge in [-0.3, -0.25) is 0 Å². The summed E-state index contributed by atoms with van der Waals surface area (Å²) in [5.74, 6) is 1.30. The van der Waals surface area contributed by atoms with Crippen molar-refractivity contribution in [2.24, 2.45) is 5.73 Å². The van der Waals surface area contributed by atoms with Crippen LogP contribution in [0.4, 0.5) is 0 Å². The van der Waals surface area contributed by atoms with E-state index < -0.39 is 5.54 Å². The second kappa shape index (κ2) is 5.26. The maximum absolute atomic E-state index is 6.16. The van der Waals surface area contributed by atoms with Crippen LogP contribution < -0.4 is 5.73 Å². The number of unbranched alkanes of at least 4 members (excludes halogenated alkanes) is 2. The van der Waals surface area contributed by atoms with Crippen LogP contribution in [0.3, 0.4) is 0 Å². The van der Waals surface area contributed by atoms with Crippen molar-refractivity contribution in [1.29, 1.82) is 0 Å². The second-order valence-corrected chi connectivity index (χ2v) is 4.24. The smallest absolute Gasteiger partial charge is 0.226 e. The van der Waals surface area contributed by atoms with Crippen LogP contribution in [0.25, 0.3) is 0 Å². The van der Waals surface area contributed by atoms with Crippen LogP contribution in [0.2, 0.25) is 0 Å². The van der Waals surface area contributed by atoms with Gasteiger partial charge in [-0.1, -0.05) is 38.3 Å². The van der Waals surface area contributed by atoms with E-state index in [1.165, 1.54) is 12.8 Å². The molecule has 0 radical (unpaired) electrons. The number of aromatic nitrogens is 2.